The predicted molar refractivity (Wildman–Crippen MR) is 103 cm³/mol. The molecule has 0 saturated heterocycles. The molecule has 0 aliphatic carbocycles. The lowest BCUT2D eigenvalue weighted by Gasteiger charge is -2.15. The van der Waals surface area contributed by atoms with Gasteiger partial charge in [0.15, 0.2) is 13.1 Å². The number of nitrogens with zero attached hydrogens (tertiary/aromatic N) is 2. The van der Waals surface area contributed by atoms with Crippen LogP contribution >= 0.6 is 11.6 Å². The number of benzene rings is 2. The first-order valence-electron chi connectivity index (χ1n) is 8.96. The van der Waals surface area contributed by atoms with E-state index in [4.69, 9.17) is 16.0 Å². The maximum absolute atomic E-state index is 13.0. The molecule has 2 aromatic carbocycles. The molecule has 0 aliphatic rings. The Balaban J connectivity index is 1.53. The van der Waals surface area contributed by atoms with Crippen LogP contribution in [0, 0.1) is 5.82 Å². The van der Waals surface area contributed by atoms with E-state index in [9.17, 15) is 9.18 Å². The molecule has 1 aromatic heterocycles. The van der Waals surface area contributed by atoms with Crippen LogP contribution in [0.25, 0.3) is 11.5 Å². The molecule has 1 unspecified atom stereocenters. The van der Waals surface area contributed by atoms with E-state index in [0.717, 1.165) is 17.0 Å². The number of nitrogens with one attached hydrogen (secondary N) is 2. The maximum Gasteiger partial charge on any atom is 0.275 e. The Morgan fingerprint density at radius 2 is 1.86 bits per heavy atom. The van der Waals surface area contributed by atoms with Gasteiger partial charge in [0.2, 0.25) is 5.89 Å². The molecular weight excluding hydrogens is 383 g/mol. The summed E-state index contributed by atoms with van der Waals surface area (Å²) < 4.78 is 18.7. The molecule has 0 saturated carbocycles. The van der Waals surface area contributed by atoms with Gasteiger partial charge in [0.05, 0.1) is 6.54 Å². The monoisotopic (exact) mass is 403 g/mol. The minimum absolute atomic E-state index is 0.0647. The molecule has 2 N–H and O–H groups in total. The van der Waals surface area contributed by atoms with Gasteiger partial charge in [-0.2, -0.15) is 0 Å². The molecule has 1 amide bonds. The van der Waals surface area contributed by atoms with Crippen LogP contribution in [-0.4, -0.2) is 29.2 Å². The van der Waals surface area contributed by atoms with E-state index in [1.807, 2.05) is 19.1 Å². The zero-order valence-electron chi connectivity index (χ0n) is 15.4. The second kappa shape index (κ2) is 9.43. The molecule has 6 nitrogen and oxygen atoms in total. The molecule has 0 aliphatic heterocycles. The van der Waals surface area contributed by atoms with Gasteiger partial charge in [-0.25, -0.2) is 4.39 Å². The lowest BCUT2D eigenvalue weighted by atomic mass is 10.2. The van der Waals surface area contributed by atoms with Gasteiger partial charge >= 0.3 is 0 Å². The summed E-state index contributed by atoms with van der Waals surface area (Å²) in [7, 11) is 0. The summed E-state index contributed by atoms with van der Waals surface area (Å²) in [5.41, 5.74) is 1.63. The third-order valence-electron chi connectivity index (χ3n) is 4.27. The zero-order valence-corrected chi connectivity index (χ0v) is 16.2. The number of carbonyl (C=O) groups excluding carboxylic acids is 1. The van der Waals surface area contributed by atoms with E-state index in [1.54, 1.807) is 24.3 Å². The van der Waals surface area contributed by atoms with E-state index in [1.165, 1.54) is 12.1 Å². The first-order valence-corrected chi connectivity index (χ1v) is 9.34. The van der Waals surface area contributed by atoms with Crippen LogP contribution in [0.4, 0.5) is 4.39 Å². The molecule has 1 heterocycles. The van der Waals surface area contributed by atoms with E-state index in [0.29, 0.717) is 42.0 Å². The largest absolute Gasteiger partial charge is 0.415 e. The number of hydrogen-bond acceptors (Lipinski definition) is 4. The van der Waals surface area contributed by atoms with Crippen molar-refractivity contribution in [3.63, 3.8) is 0 Å². The van der Waals surface area contributed by atoms with Gasteiger partial charge in [0.25, 0.3) is 11.8 Å². The van der Waals surface area contributed by atoms with Crippen molar-refractivity contribution in [2.45, 2.75) is 20.0 Å². The molecule has 1 atom stereocenters. The molecule has 0 radical (unpaired) electrons. The Morgan fingerprint density at radius 3 is 2.54 bits per heavy atom. The lowest BCUT2D eigenvalue weighted by molar-refractivity contribution is -0.905. The van der Waals surface area contributed by atoms with Crippen LogP contribution in [0.1, 0.15) is 18.4 Å². The van der Waals surface area contributed by atoms with Crippen molar-refractivity contribution in [3.8, 4) is 11.5 Å². The van der Waals surface area contributed by atoms with Gasteiger partial charge in [-0.1, -0.05) is 23.7 Å². The molecule has 3 aromatic rings. The first-order chi connectivity index (χ1) is 13.5. The number of rotatable bonds is 8. The molecule has 0 spiro atoms. The SMILES string of the molecule is CC[NH+](CC(=O)NCc1ccc(Cl)cc1)Cc1nnc(-c2ccc(F)cc2)o1. The highest BCUT2D eigenvalue weighted by atomic mass is 35.5. The topological polar surface area (TPSA) is 72.5 Å². The Hall–Kier alpha value is -2.77. The molecule has 146 valence electrons. The van der Waals surface area contributed by atoms with E-state index < -0.39 is 0 Å². The number of quaternary nitrogens is 1. The molecule has 28 heavy (non-hydrogen) atoms. The van der Waals surface area contributed by atoms with Crippen LogP contribution < -0.4 is 10.2 Å². The zero-order chi connectivity index (χ0) is 19.9. The van der Waals surface area contributed by atoms with E-state index in [-0.39, 0.29) is 11.7 Å². The van der Waals surface area contributed by atoms with E-state index >= 15 is 0 Å². The molecule has 0 fully saturated rings. The Morgan fingerprint density at radius 1 is 1.14 bits per heavy atom. The van der Waals surface area contributed by atoms with Gasteiger partial charge in [0.1, 0.15) is 5.82 Å². The number of halogens is 2. The number of carbonyl (C=O) groups is 1. The molecule has 0 bridgehead atoms. The first kappa shape index (κ1) is 20.0. The van der Waals surface area contributed by atoms with Crippen molar-refractivity contribution in [1.82, 2.24) is 15.5 Å². The smallest absolute Gasteiger partial charge is 0.275 e. The minimum Gasteiger partial charge on any atom is -0.415 e. The molecule has 3 rings (SSSR count). The van der Waals surface area contributed by atoms with Gasteiger partial charge < -0.3 is 14.6 Å². The van der Waals surface area contributed by atoms with Crippen LogP contribution in [0.3, 0.4) is 0 Å². The lowest BCUT2D eigenvalue weighted by Crippen LogP contribution is -3.11. The fourth-order valence-electron chi connectivity index (χ4n) is 2.65. The normalized spacial score (nSPS) is 12.0. The fourth-order valence-corrected chi connectivity index (χ4v) is 2.78. The molecular formula is C20H21ClFN4O2+. The highest BCUT2D eigenvalue weighted by Crippen LogP contribution is 2.17. The summed E-state index contributed by atoms with van der Waals surface area (Å²) >= 11 is 5.86. The van der Waals surface area contributed by atoms with Crippen molar-refractivity contribution in [1.29, 1.82) is 0 Å². The van der Waals surface area contributed by atoms with Crippen LogP contribution in [0.5, 0.6) is 0 Å². The summed E-state index contributed by atoms with van der Waals surface area (Å²) in [6, 6.07) is 13.2. The van der Waals surface area contributed by atoms with Crippen molar-refractivity contribution in [2.75, 3.05) is 13.1 Å². The standard InChI is InChI=1S/C20H20ClFN4O2/c1-2-26(12-18(27)23-11-14-3-7-16(21)8-4-14)13-19-24-25-20(28-19)15-5-9-17(22)10-6-15/h3-10H,2,11-13H2,1H3,(H,23,27)/p+1. The van der Waals surface area contributed by atoms with Crippen LogP contribution in [0.2, 0.25) is 5.02 Å². The number of likely N-dealkylation sites (N-methyl/N-ethyl adjacent to an activating group) is 1. The summed E-state index contributed by atoms with van der Waals surface area (Å²) in [5.74, 6) is 0.374. The fraction of sp³-hybridized carbons (Fsp3) is 0.250. The summed E-state index contributed by atoms with van der Waals surface area (Å²) in [4.78, 5) is 13.2. The second-order valence-electron chi connectivity index (χ2n) is 6.37. The Bertz CT molecular complexity index is 913. The van der Waals surface area contributed by atoms with Crippen LogP contribution in [-0.2, 0) is 17.9 Å². The third kappa shape index (κ3) is 5.61. The Kier molecular flexibility index (Phi) is 6.73. The van der Waals surface area contributed by atoms with Gasteiger partial charge in [-0.05, 0) is 48.9 Å². The number of amides is 1. The van der Waals surface area contributed by atoms with Crippen molar-refractivity contribution in [3.05, 3.63) is 70.8 Å². The quantitative estimate of drug-likeness (QED) is 0.605. The highest BCUT2D eigenvalue weighted by molar-refractivity contribution is 6.30. The van der Waals surface area contributed by atoms with Crippen molar-refractivity contribution in [2.24, 2.45) is 0 Å². The van der Waals surface area contributed by atoms with Crippen LogP contribution in [0.15, 0.2) is 52.9 Å². The van der Waals surface area contributed by atoms with Crippen molar-refractivity contribution >= 4 is 17.5 Å². The summed E-state index contributed by atoms with van der Waals surface area (Å²) in [6.45, 7) is 3.88. The molecule has 8 heteroatoms. The number of aromatic nitrogens is 2. The van der Waals surface area contributed by atoms with E-state index in [2.05, 4.69) is 15.5 Å². The summed E-state index contributed by atoms with van der Waals surface area (Å²) in [5, 5.41) is 11.6. The van der Waals surface area contributed by atoms with Crippen molar-refractivity contribution < 1.29 is 18.5 Å². The van der Waals surface area contributed by atoms with Gasteiger partial charge in [-0.3, -0.25) is 4.79 Å². The highest BCUT2D eigenvalue weighted by Gasteiger charge is 2.17. The average molecular weight is 404 g/mol. The summed E-state index contributed by atoms with van der Waals surface area (Å²) in [6.07, 6.45) is 0. The second-order valence-corrected chi connectivity index (χ2v) is 6.80. The number of hydrogen-bond donors (Lipinski definition) is 2. The van der Waals surface area contributed by atoms with Gasteiger partial charge in [-0.15, -0.1) is 10.2 Å². The third-order valence-corrected chi connectivity index (χ3v) is 4.52. The average Bonchev–Trinajstić information content (AvgIpc) is 3.16. The minimum atomic E-state index is -0.324. The Labute approximate surface area is 167 Å². The maximum atomic E-state index is 13.0. The van der Waals surface area contributed by atoms with Gasteiger partial charge in [0, 0.05) is 17.1 Å². The predicted octanol–water partition coefficient (Wildman–Crippen LogP) is 2.25.